The molecular weight excluding hydrogens is 931 g/mol. The minimum absolute atomic E-state index is 0.256. The van der Waals surface area contributed by atoms with Crippen LogP contribution in [0, 0.1) is 0 Å². The van der Waals surface area contributed by atoms with Crippen LogP contribution in [0.2, 0.25) is 0 Å². The summed E-state index contributed by atoms with van der Waals surface area (Å²) in [6.45, 7) is 2.75. The Morgan fingerprint density at radius 2 is 0.918 bits per heavy atom. The second-order valence-corrected chi connectivity index (χ2v) is 20.8. The summed E-state index contributed by atoms with van der Waals surface area (Å²) in [5.74, 6) is -0.263. The molecule has 2 fully saturated rings. The number of ether oxygens (including phenoxy) is 4. The van der Waals surface area contributed by atoms with Crippen molar-refractivity contribution in [2.45, 2.75) is 299 Å². The third kappa shape index (κ3) is 31.1. The molecule has 0 saturated carbocycles. The highest BCUT2D eigenvalue weighted by atomic mass is 16.7. The lowest BCUT2D eigenvalue weighted by molar-refractivity contribution is -0.359. The van der Waals surface area contributed by atoms with Gasteiger partial charge >= 0.3 is 0 Å². The first kappa shape index (κ1) is 67.1. The first-order chi connectivity index (χ1) is 35.6. The summed E-state index contributed by atoms with van der Waals surface area (Å²) >= 11 is 0. The van der Waals surface area contributed by atoms with Gasteiger partial charge in [-0.1, -0.05) is 204 Å². The fourth-order valence-corrected chi connectivity index (χ4v) is 9.45. The number of carbonyl (C=O) groups excluding carboxylic acids is 1. The fourth-order valence-electron chi connectivity index (χ4n) is 9.45. The van der Waals surface area contributed by atoms with E-state index in [1.807, 2.05) is 6.08 Å². The van der Waals surface area contributed by atoms with E-state index in [4.69, 9.17) is 18.9 Å². The third-order valence-corrected chi connectivity index (χ3v) is 14.2. The maximum Gasteiger partial charge on any atom is 0.220 e. The molecular formula is C59H107NO13. The van der Waals surface area contributed by atoms with Crippen molar-refractivity contribution in [3.8, 4) is 0 Å². The van der Waals surface area contributed by atoms with Gasteiger partial charge in [-0.15, -0.1) is 0 Å². The predicted molar refractivity (Wildman–Crippen MR) is 291 cm³/mol. The van der Waals surface area contributed by atoms with Crippen molar-refractivity contribution in [2.75, 3.05) is 19.8 Å². The van der Waals surface area contributed by atoms with E-state index in [2.05, 4.69) is 55.6 Å². The van der Waals surface area contributed by atoms with Gasteiger partial charge in [-0.25, -0.2) is 0 Å². The van der Waals surface area contributed by atoms with Crippen molar-refractivity contribution in [1.82, 2.24) is 5.32 Å². The van der Waals surface area contributed by atoms with Crippen molar-refractivity contribution in [2.24, 2.45) is 0 Å². The summed E-state index contributed by atoms with van der Waals surface area (Å²) in [5, 5.41) is 87.0. The van der Waals surface area contributed by atoms with E-state index in [1.165, 1.54) is 135 Å². The van der Waals surface area contributed by atoms with Gasteiger partial charge in [-0.3, -0.25) is 4.79 Å². The second kappa shape index (κ2) is 45.0. The molecule has 0 bridgehead atoms. The molecule has 2 rings (SSSR count). The quantitative estimate of drug-likeness (QED) is 0.0205. The summed E-state index contributed by atoms with van der Waals surface area (Å²) in [6.07, 6.45) is 38.7. The molecule has 426 valence electrons. The Balaban J connectivity index is 1.79. The summed E-state index contributed by atoms with van der Waals surface area (Å²) in [7, 11) is 0. The van der Waals surface area contributed by atoms with Gasteiger partial charge in [0.15, 0.2) is 12.6 Å². The molecule has 2 heterocycles. The van der Waals surface area contributed by atoms with Crippen LogP contribution in [-0.2, 0) is 23.7 Å². The number of nitrogens with one attached hydrogen (secondary N) is 1. The minimum atomic E-state index is -1.79. The zero-order valence-electron chi connectivity index (χ0n) is 45.6. The van der Waals surface area contributed by atoms with Gasteiger partial charge in [0.25, 0.3) is 0 Å². The smallest absolute Gasteiger partial charge is 0.220 e. The molecule has 1 amide bonds. The maximum absolute atomic E-state index is 13.2. The Kier molecular flexibility index (Phi) is 41.4. The molecule has 73 heavy (non-hydrogen) atoms. The van der Waals surface area contributed by atoms with Crippen LogP contribution in [-0.4, -0.2) is 140 Å². The molecule has 0 aromatic rings. The monoisotopic (exact) mass is 1040 g/mol. The Labute approximate surface area is 442 Å². The number of rotatable bonds is 46. The van der Waals surface area contributed by atoms with Crippen LogP contribution in [0.1, 0.15) is 226 Å². The molecule has 0 spiro atoms. The molecule has 2 aliphatic rings. The Hall–Kier alpha value is -2.05. The fraction of sp³-hybridized carbons (Fsp3) is 0.847. The van der Waals surface area contributed by atoms with E-state index in [-0.39, 0.29) is 18.9 Å². The first-order valence-corrected chi connectivity index (χ1v) is 29.4. The normalized spacial score (nSPS) is 25.7. The van der Waals surface area contributed by atoms with Crippen LogP contribution in [0.3, 0.4) is 0 Å². The topological polar surface area (TPSA) is 228 Å². The van der Waals surface area contributed by atoms with Crippen molar-refractivity contribution < 1.29 is 64.6 Å². The number of hydrogen-bond acceptors (Lipinski definition) is 13. The number of aliphatic hydroxyl groups excluding tert-OH is 8. The highest BCUT2D eigenvalue weighted by Gasteiger charge is 2.51. The lowest BCUT2D eigenvalue weighted by Gasteiger charge is -2.46. The molecule has 12 unspecified atom stereocenters. The summed E-state index contributed by atoms with van der Waals surface area (Å²) in [6, 6.07) is -0.939. The van der Waals surface area contributed by atoms with Gasteiger partial charge < -0.3 is 65.1 Å². The van der Waals surface area contributed by atoms with E-state index in [9.17, 15) is 45.6 Å². The number of allylic oxidation sites excluding steroid dienone is 7. The Morgan fingerprint density at radius 3 is 1.45 bits per heavy atom. The van der Waals surface area contributed by atoms with Gasteiger partial charge in [0.05, 0.1) is 32.0 Å². The van der Waals surface area contributed by atoms with E-state index >= 15 is 0 Å². The van der Waals surface area contributed by atoms with Gasteiger partial charge in [0.2, 0.25) is 5.91 Å². The molecule has 2 aliphatic heterocycles. The Bertz CT molecular complexity index is 1410. The minimum Gasteiger partial charge on any atom is -0.394 e. The number of amides is 1. The number of aliphatic hydroxyl groups is 8. The lowest BCUT2D eigenvalue weighted by Crippen LogP contribution is -2.65. The lowest BCUT2D eigenvalue weighted by atomic mass is 9.97. The van der Waals surface area contributed by atoms with Gasteiger partial charge in [0, 0.05) is 6.42 Å². The molecule has 0 aromatic carbocycles. The second-order valence-electron chi connectivity index (χ2n) is 20.8. The van der Waals surface area contributed by atoms with E-state index in [0.29, 0.717) is 12.8 Å². The molecule has 0 aliphatic carbocycles. The standard InChI is InChI=1S/C59H107NO13/c1-3-5-7-9-11-13-15-17-19-20-21-22-23-24-25-26-27-29-30-32-34-36-38-40-42-48(63)47(60-51(64)43-41-39-37-35-33-31-28-18-16-14-12-10-8-6-4-2)46-70-58-56(69)54(67)57(50(45-62)72-58)73-59-55(68)53(66)52(65)49(44-61)71-59/h12,14,18,28,32,34,40,42,47-50,52-59,61-63,65-69H,3-11,13,15-17,19-27,29-31,33,35-39,41,43-46H2,1-2H3,(H,60,64)/b14-12-,28-18-,34-32+,42-40+. The van der Waals surface area contributed by atoms with Crippen LogP contribution in [0.15, 0.2) is 48.6 Å². The molecule has 14 nitrogen and oxygen atoms in total. The SMILES string of the molecule is CCCCC/C=C\C/C=C\CCCCCCCC(=O)NC(COC1OC(CO)C(OC2OC(CO)C(O)C(O)C2O)C(O)C1O)C(O)/C=C/CC/C=C/CCCCCCCCCCCCCCCCCCCC. The largest absolute Gasteiger partial charge is 0.394 e. The van der Waals surface area contributed by atoms with Crippen molar-refractivity contribution >= 4 is 5.91 Å². The molecule has 12 atom stereocenters. The van der Waals surface area contributed by atoms with Crippen molar-refractivity contribution in [1.29, 1.82) is 0 Å². The summed E-state index contributed by atoms with van der Waals surface area (Å²) in [5.41, 5.74) is 0. The third-order valence-electron chi connectivity index (χ3n) is 14.2. The molecule has 9 N–H and O–H groups in total. The van der Waals surface area contributed by atoms with Crippen LogP contribution < -0.4 is 5.32 Å². The highest BCUT2D eigenvalue weighted by Crippen LogP contribution is 2.30. The summed E-state index contributed by atoms with van der Waals surface area (Å²) < 4.78 is 22.7. The van der Waals surface area contributed by atoms with E-state index < -0.39 is 86.8 Å². The van der Waals surface area contributed by atoms with Crippen LogP contribution in [0.4, 0.5) is 0 Å². The van der Waals surface area contributed by atoms with E-state index in [0.717, 1.165) is 57.8 Å². The van der Waals surface area contributed by atoms with E-state index in [1.54, 1.807) is 6.08 Å². The zero-order chi connectivity index (χ0) is 53.2. The maximum atomic E-state index is 13.2. The predicted octanol–water partition coefficient (Wildman–Crippen LogP) is 9.61. The molecule has 2 saturated heterocycles. The van der Waals surface area contributed by atoms with Crippen molar-refractivity contribution in [3.63, 3.8) is 0 Å². The zero-order valence-corrected chi connectivity index (χ0v) is 45.6. The Morgan fingerprint density at radius 1 is 0.493 bits per heavy atom. The van der Waals surface area contributed by atoms with Gasteiger partial charge in [0.1, 0.15) is 48.8 Å². The van der Waals surface area contributed by atoms with Gasteiger partial charge in [-0.2, -0.15) is 0 Å². The molecule has 0 radical (unpaired) electrons. The van der Waals surface area contributed by atoms with Crippen molar-refractivity contribution in [3.05, 3.63) is 48.6 Å². The van der Waals surface area contributed by atoms with Crippen LogP contribution in [0.5, 0.6) is 0 Å². The number of carbonyl (C=O) groups is 1. The highest BCUT2D eigenvalue weighted by molar-refractivity contribution is 5.76. The van der Waals surface area contributed by atoms with Gasteiger partial charge in [-0.05, 0) is 64.2 Å². The average molecular weight is 1040 g/mol. The molecule has 14 heteroatoms. The molecule has 0 aromatic heterocycles. The first-order valence-electron chi connectivity index (χ1n) is 29.4. The number of unbranched alkanes of at least 4 members (excludes halogenated alkanes) is 27. The average Bonchev–Trinajstić information content (AvgIpc) is 3.39. The number of hydrogen-bond donors (Lipinski definition) is 9. The summed E-state index contributed by atoms with van der Waals surface area (Å²) in [4.78, 5) is 13.2. The van der Waals surface area contributed by atoms with Crippen LogP contribution in [0.25, 0.3) is 0 Å². The van der Waals surface area contributed by atoms with Crippen LogP contribution >= 0.6 is 0 Å².